The lowest BCUT2D eigenvalue weighted by Gasteiger charge is -2.19. The van der Waals surface area contributed by atoms with Crippen molar-refractivity contribution in [3.8, 4) is 0 Å². The summed E-state index contributed by atoms with van der Waals surface area (Å²) >= 11 is 1.55. The molecule has 0 saturated heterocycles. The standard InChI is InChI=1S/C14H20N2O3S/c1-20-8-7-12(14(18)19)16-13(17)11(9-15)10-5-3-2-4-6-10/h2-6,11-12H,7-9,15H2,1H3,(H,16,17)(H,18,19)/t11?,12-/m0/s1. The van der Waals surface area contributed by atoms with E-state index in [0.717, 1.165) is 5.56 Å². The first-order valence-corrected chi connectivity index (χ1v) is 7.76. The van der Waals surface area contributed by atoms with E-state index in [0.29, 0.717) is 12.2 Å². The van der Waals surface area contributed by atoms with Crippen LogP contribution in [0.25, 0.3) is 0 Å². The van der Waals surface area contributed by atoms with Gasteiger partial charge in [0.15, 0.2) is 0 Å². The Hall–Kier alpha value is -1.53. The summed E-state index contributed by atoms with van der Waals surface area (Å²) < 4.78 is 0. The minimum atomic E-state index is -1.02. The molecule has 0 spiro atoms. The van der Waals surface area contributed by atoms with Crippen LogP contribution in [0.15, 0.2) is 30.3 Å². The predicted molar refractivity (Wildman–Crippen MR) is 80.8 cm³/mol. The maximum atomic E-state index is 12.2. The van der Waals surface area contributed by atoms with E-state index in [1.54, 1.807) is 11.8 Å². The van der Waals surface area contributed by atoms with Crippen LogP contribution in [0.1, 0.15) is 17.9 Å². The van der Waals surface area contributed by atoms with Crippen molar-refractivity contribution in [3.05, 3.63) is 35.9 Å². The summed E-state index contributed by atoms with van der Waals surface area (Å²) in [6.07, 6.45) is 2.29. The molecule has 2 atom stereocenters. The molecule has 0 aliphatic rings. The summed E-state index contributed by atoms with van der Waals surface area (Å²) in [4.78, 5) is 23.3. The van der Waals surface area contributed by atoms with Crippen LogP contribution in [-0.2, 0) is 9.59 Å². The number of hydrogen-bond acceptors (Lipinski definition) is 4. The number of carbonyl (C=O) groups excluding carboxylic acids is 1. The fourth-order valence-electron chi connectivity index (χ4n) is 1.85. The zero-order chi connectivity index (χ0) is 15.0. The third kappa shape index (κ3) is 4.86. The van der Waals surface area contributed by atoms with Gasteiger partial charge in [0.25, 0.3) is 0 Å². The Kier molecular flexibility index (Phi) is 7.11. The van der Waals surface area contributed by atoms with Gasteiger partial charge < -0.3 is 16.2 Å². The molecule has 0 aliphatic heterocycles. The molecule has 1 aromatic rings. The van der Waals surface area contributed by atoms with Crippen LogP contribution >= 0.6 is 11.8 Å². The van der Waals surface area contributed by atoms with Crippen LogP contribution in [0.5, 0.6) is 0 Å². The second kappa shape index (κ2) is 8.60. The number of carbonyl (C=O) groups is 2. The van der Waals surface area contributed by atoms with Crippen LogP contribution in [0.3, 0.4) is 0 Å². The molecule has 0 aliphatic carbocycles. The molecular weight excluding hydrogens is 276 g/mol. The van der Waals surface area contributed by atoms with Gasteiger partial charge in [0.2, 0.25) is 5.91 Å². The number of nitrogens with two attached hydrogens (primary N) is 1. The largest absolute Gasteiger partial charge is 0.480 e. The average molecular weight is 296 g/mol. The molecule has 4 N–H and O–H groups in total. The summed E-state index contributed by atoms with van der Waals surface area (Å²) in [6, 6.07) is 8.27. The molecule has 0 bridgehead atoms. The number of thioether (sulfide) groups is 1. The summed E-state index contributed by atoms with van der Waals surface area (Å²) in [6.45, 7) is 0.144. The molecule has 0 saturated carbocycles. The zero-order valence-electron chi connectivity index (χ0n) is 11.4. The van der Waals surface area contributed by atoms with Crippen LogP contribution in [-0.4, -0.2) is 41.6 Å². The molecule has 1 rings (SSSR count). The fraction of sp³-hybridized carbons (Fsp3) is 0.429. The number of nitrogens with one attached hydrogen (secondary N) is 1. The highest BCUT2D eigenvalue weighted by atomic mass is 32.2. The van der Waals surface area contributed by atoms with E-state index in [-0.39, 0.29) is 12.5 Å². The smallest absolute Gasteiger partial charge is 0.326 e. The number of carboxylic acids is 1. The first-order valence-electron chi connectivity index (χ1n) is 6.37. The molecule has 0 fully saturated rings. The minimum Gasteiger partial charge on any atom is -0.480 e. The maximum absolute atomic E-state index is 12.2. The molecule has 5 nitrogen and oxygen atoms in total. The topological polar surface area (TPSA) is 92.4 Å². The third-order valence-corrected chi connectivity index (χ3v) is 3.62. The van der Waals surface area contributed by atoms with Crippen molar-refractivity contribution in [1.29, 1.82) is 0 Å². The number of amides is 1. The van der Waals surface area contributed by atoms with Crippen LogP contribution in [0, 0.1) is 0 Å². The van der Waals surface area contributed by atoms with Gasteiger partial charge in [-0.2, -0.15) is 11.8 Å². The number of hydrogen-bond donors (Lipinski definition) is 3. The van der Waals surface area contributed by atoms with Crippen LogP contribution in [0.2, 0.25) is 0 Å². The molecule has 1 amide bonds. The lowest BCUT2D eigenvalue weighted by Crippen LogP contribution is -2.44. The molecule has 0 aromatic heterocycles. The van der Waals surface area contributed by atoms with E-state index >= 15 is 0 Å². The highest BCUT2D eigenvalue weighted by Crippen LogP contribution is 2.15. The normalized spacial score (nSPS) is 13.5. The zero-order valence-corrected chi connectivity index (χ0v) is 12.2. The molecule has 1 aromatic carbocycles. The van der Waals surface area contributed by atoms with Crippen molar-refractivity contribution >= 4 is 23.6 Å². The van der Waals surface area contributed by atoms with Gasteiger partial charge in [0.1, 0.15) is 6.04 Å². The van der Waals surface area contributed by atoms with Gasteiger partial charge in [0, 0.05) is 6.54 Å². The molecule has 6 heteroatoms. The van der Waals surface area contributed by atoms with Crippen molar-refractivity contribution in [2.24, 2.45) is 5.73 Å². The monoisotopic (exact) mass is 296 g/mol. The number of carboxylic acid groups (broad SMARTS) is 1. The molecule has 20 heavy (non-hydrogen) atoms. The van der Waals surface area contributed by atoms with Gasteiger partial charge in [0.05, 0.1) is 5.92 Å². The van der Waals surface area contributed by atoms with E-state index in [1.807, 2.05) is 36.6 Å². The number of aliphatic carboxylic acids is 1. The summed E-state index contributed by atoms with van der Waals surface area (Å²) in [5, 5.41) is 11.7. The molecule has 0 radical (unpaired) electrons. The molecular formula is C14H20N2O3S. The van der Waals surface area contributed by atoms with Crippen molar-refractivity contribution in [2.75, 3.05) is 18.6 Å². The van der Waals surface area contributed by atoms with E-state index in [9.17, 15) is 9.59 Å². The van der Waals surface area contributed by atoms with Gasteiger partial charge >= 0.3 is 5.97 Å². The quantitative estimate of drug-likeness (QED) is 0.667. The first-order chi connectivity index (χ1) is 9.60. The minimum absolute atomic E-state index is 0.144. The van der Waals surface area contributed by atoms with E-state index < -0.39 is 17.9 Å². The third-order valence-electron chi connectivity index (χ3n) is 2.98. The van der Waals surface area contributed by atoms with Crippen molar-refractivity contribution in [3.63, 3.8) is 0 Å². The Labute approximate surface area is 122 Å². The predicted octanol–water partition coefficient (Wildman–Crippen LogP) is 1.05. The summed E-state index contributed by atoms with van der Waals surface area (Å²) in [5.41, 5.74) is 6.44. The number of benzene rings is 1. The second-order valence-electron chi connectivity index (χ2n) is 4.38. The summed E-state index contributed by atoms with van der Waals surface area (Å²) in [7, 11) is 0. The SMILES string of the molecule is CSCC[C@H](NC(=O)C(CN)c1ccccc1)C(=O)O. The van der Waals surface area contributed by atoms with E-state index in [2.05, 4.69) is 5.32 Å². The summed E-state index contributed by atoms with van der Waals surface area (Å²) in [5.74, 6) is -1.20. The Morgan fingerprint density at radius 2 is 2.00 bits per heavy atom. The Morgan fingerprint density at radius 1 is 1.35 bits per heavy atom. The molecule has 1 unspecified atom stereocenters. The van der Waals surface area contributed by atoms with Crippen LogP contribution < -0.4 is 11.1 Å². The lowest BCUT2D eigenvalue weighted by molar-refractivity contribution is -0.142. The Morgan fingerprint density at radius 3 is 2.50 bits per heavy atom. The van der Waals surface area contributed by atoms with Crippen molar-refractivity contribution < 1.29 is 14.7 Å². The van der Waals surface area contributed by atoms with Gasteiger partial charge in [-0.25, -0.2) is 4.79 Å². The fourth-order valence-corrected chi connectivity index (χ4v) is 2.32. The van der Waals surface area contributed by atoms with Crippen molar-refractivity contribution in [2.45, 2.75) is 18.4 Å². The Balaban J connectivity index is 2.73. The first kappa shape index (κ1) is 16.5. The second-order valence-corrected chi connectivity index (χ2v) is 5.37. The highest BCUT2D eigenvalue weighted by molar-refractivity contribution is 7.98. The Bertz CT molecular complexity index is 439. The average Bonchev–Trinajstić information content (AvgIpc) is 2.45. The van der Waals surface area contributed by atoms with Gasteiger partial charge in [-0.1, -0.05) is 30.3 Å². The van der Waals surface area contributed by atoms with E-state index in [1.165, 1.54) is 0 Å². The van der Waals surface area contributed by atoms with E-state index in [4.69, 9.17) is 10.8 Å². The van der Waals surface area contributed by atoms with Gasteiger partial charge in [-0.05, 0) is 24.0 Å². The lowest BCUT2D eigenvalue weighted by atomic mass is 9.98. The molecule has 110 valence electrons. The molecule has 0 heterocycles. The van der Waals surface area contributed by atoms with Crippen molar-refractivity contribution in [1.82, 2.24) is 5.32 Å². The van der Waals surface area contributed by atoms with Gasteiger partial charge in [-0.3, -0.25) is 4.79 Å². The van der Waals surface area contributed by atoms with Crippen LogP contribution in [0.4, 0.5) is 0 Å². The highest BCUT2D eigenvalue weighted by Gasteiger charge is 2.25. The number of rotatable bonds is 8. The maximum Gasteiger partial charge on any atom is 0.326 e. The van der Waals surface area contributed by atoms with Gasteiger partial charge in [-0.15, -0.1) is 0 Å².